The van der Waals surface area contributed by atoms with Gasteiger partial charge in [0.15, 0.2) is 0 Å². The number of aliphatic hydroxyl groups is 1. The number of phosphoric ester groups is 1. The Labute approximate surface area is 328 Å². The smallest absolute Gasteiger partial charge is 0.268 e. The summed E-state index contributed by atoms with van der Waals surface area (Å²) in [5, 5.41) is 13.7. The second kappa shape index (κ2) is 36.6. The lowest BCUT2D eigenvalue weighted by atomic mass is 10.0. The number of nitrogens with zero attached hydrogens (tertiary/aromatic N) is 1. The Balaban J connectivity index is 4.47. The highest BCUT2D eigenvalue weighted by Crippen LogP contribution is 2.38. The highest BCUT2D eigenvalue weighted by molar-refractivity contribution is 7.45. The standard InChI is InChI=1S/C44H87N2O6P/c1-6-8-10-12-14-16-18-20-22-24-25-27-29-31-33-35-37-43(47)42(41-52-53(49,50)51-40-39-46(3,4)5)45-44(48)38-36-34-32-30-28-26-23-21-19-17-15-13-11-9-7-2/h27,29,35,37,42-43,47H,6-26,28,30-34,36,38-41H2,1-5H3,(H-,45,48,49,50)/b29-27+,37-35+. The zero-order chi connectivity index (χ0) is 39.3. The lowest BCUT2D eigenvalue weighted by molar-refractivity contribution is -0.870. The topological polar surface area (TPSA) is 108 Å². The number of nitrogens with one attached hydrogen (secondary N) is 1. The predicted octanol–water partition coefficient (Wildman–Crippen LogP) is 11.5. The Kier molecular flexibility index (Phi) is 35.9. The second-order valence-corrected chi connectivity index (χ2v) is 17.8. The van der Waals surface area contributed by atoms with Crippen LogP contribution in [-0.2, 0) is 18.4 Å². The van der Waals surface area contributed by atoms with Crippen LogP contribution in [0.5, 0.6) is 0 Å². The largest absolute Gasteiger partial charge is 0.756 e. The van der Waals surface area contributed by atoms with Gasteiger partial charge in [0, 0.05) is 6.42 Å². The third kappa shape index (κ3) is 39.0. The number of rotatable bonds is 40. The number of aliphatic hydroxyl groups excluding tert-OH is 1. The molecule has 0 aliphatic carbocycles. The fourth-order valence-corrected chi connectivity index (χ4v) is 7.07. The molecule has 8 nitrogen and oxygen atoms in total. The SMILES string of the molecule is CCCCCCCCCCCC/C=C/CC/C=C/C(O)C(COP(=O)([O-])OCC[N+](C)(C)C)NC(=O)CCCCCCCCCCCCCCCCC. The van der Waals surface area contributed by atoms with E-state index in [0.717, 1.165) is 38.5 Å². The average Bonchev–Trinajstić information content (AvgIpc) is 3.10. The van der Waals surface area contributed by atoms with Gasteiger partial charge in [0.05, 0.1) is 39.9 Å². The molecule has 0 bridgehead atoms. The molecule has 1 amide bonds. The second-order valence-electron chi connectivity index (χ2n) is 16.4. The molecule has 0 radical (unpaired) electrons. The van der Waals surface area contributed by atoms with Crippen molar-refractivity contribution in [2.45, 2.75) is 212 Å². The highest BCUT2D eigenvalue weighted by Gasteiger charge is 2.23. The maximum absolute atomic E-state index is 12.8. The third-order valence-corrected chi connectivity index (χ3v) is 10.9. The summed E-state index contributed by atoms with van der Waals surface area (Å²) in [7, 11) is 1.25. The fraction of sp³-hybridized carbons (Fsp3) is 0.886. The number of hydrogen-bond acceptors (Lipinski definition) is 6. The van der Waals surface area contributed by atoms with Crippen molar-refractivity contribution in [1.29, 1.82) is 0 Å². The number of likely N-dealkylation sites (N-methyl/N-ethyl adjacent to an activating group) is 1. The molecule has 2 N–H and O–H groups in total. The molecular weight excluding hydrogens is 683 g/mol. The highest BCUT2D eigenvalue weighted by atomic mass is 31.2. The molecule has 0 aromatic heterocycles. The van der Waals surface area contributed by atoms with Gasteiger partial charge in [-0.2, -0.15) is 0 Å². The minimum absolute atomic E-state index is 0.00430. The Morgan fingerprint density at radius 3 is 1.53 bits per heavy atom. The molecule has 0 rings (SSSR count). The van der Waals surface area contributed by atoms with Crippen molar-refractivity contribution in [3.8, 4) is 0 Å². The van der Waals surface area contributed by atoms with Gasteiger partial charge in [0.25, 0.3) is 7.82 Å². The minimum Gasteiger partial charge on any atom is -0.756 e. The summed E-state index contributed by atoms with van der Waals surface area (Å²) in [4.78, 5) is 25.3. The Morgan fingerprint density at radius 2 is 1.06 bits per heavy atom. The fourth-order valence-electron chi connectivity index (χ4n) is 6.34. The van der Waals surface area contributed by atoms with Crippen molar-refractivity contribution in [1.82, 2.24) is 5.32 Å². The monoisotopic (exact) mass is 771 g/mol. The number of carbonyl (C=O) groups excluding carboxylic acids is 1. The number of phosphoric acid groups is 1. The average molecular weight is 771 g/mol. The molecule has 314 valence electrons. The van der Waals surface area contributed by atoms with E-state index in [0.29, 0.717) is 17.4 Å². The van der Waals surface area contributed by atoms with E-state index >= 15 is 0 Å². The predicted molar refractivity (Wildman–Crippen MR) is 224 cm³/mol. The maximum atomic E-state index is 12.8. The molecule has 0 saturated carbocycles. The molecule has 0 aliphatic rings. The summed E-state index contributed by atoms with van der Waals surface area (Å²) in [5.74, 6) is -0.206. The first kappa shape index (κ1) is 52.0. The van der Waals surface area contributed by atoms with E-state index in [2.05, 4.69) is 31.3 Å². The molecule has 9 heteroatoms. The molecule has 0 aromatic rings. The molecule has 3 unspecified atom stereocenters. The quantitative estimate of drug-likeness (QED) is 0.0278. The molecule has 0 aromatic carbocycles. The zero-order valence-electron chi connectivity index (χ0n) is 35.5. The van der Waals surface area contributed by atoms with E-state index in [1.807, 2.05) is 27.2 Å². The lowest BCUT2D eigenvalue weighted by Crippen LogP contribution is -2.45. The number of hydrogen-bond donors (Lipinski definition) is 2. The number of quaternary nitrogens is 1. The summed E-state index contributed by atoms with van der Waals surface area (Å²) in [6, 6.07) is -0.897. The normalized spacial score (nSPS) is 14.6. The van der Waals surface area contributed by atoms with Crippen molar-refractivity contribution in [3.63, 3.8) is 0 Å². The van der Waals surface area contributed by atoms with Gasteiger partial charge in [0.2, 0.25) is 5.91 Å². The number of amides is 1. The summed E-state index contributed by atoms with van der Waals surface area (Å²) in [6.45, 7) is 4.63. The van der Waals surface area contributed by atoms with Crippen molar-refractivity contribution < 1.29 is 32.9 Å². The van der Waals surface area contributed by atoms with Gasteiger partial charge in [-0.1, -0.05) is 186 Å². The molecule has 53 heavy (non-hydrogen) atoms. The molecule has 0 fully saturated rings. The van der Waals surface area contributed by atoms with Crippen LogP contribution in [0.2, 0.25) is 0 Å². The molecule has 0 aliphatic heterocycles. The maximum Gasteiger partial charge on any atom is 0.268 e. The van der Waals surface area contributed by atoms with E-state index in [1.54, 1.807) is 6.08 Å². The molecule has 0 saturated heterocycles. The Bertz CT molecular complexity index is 922. The summed E-state index contributed by atoms with van der Waals surface area (Å²) < 4.78 is 23.2. The van der Waals surface area contributed by atoms with Crippen molar-refractivity contribution >= 4 is 13.7 Å². The van der Waals surface area contributed by atoms with E-state index in [9.17, 15) is 19.4 Å². The molecule has 0 heterocycles. The number of unbranched alkanes of at least 4 members (excludes halogenated alkanes) is 25. The van der Waals surface area contributed by atoms with Gasteiger partial charge < -0.3 is 28.8 Å². The molecule has 3 atom stereocenters. The van der Waals surface area contributed by atoms with Crippen LogP contribution in [0.4, 0.5) is 0 Å². The minimum atomic E-state index is -4.59. The van der Waals surface area contributed by atoms with Crippen LogP contribution in [0.1, 0.15) is 200 Å². The van der Waals surface area contributed by atoms with Crippen LogP contribution in [0, 0.1) is 0 Å². The Hall–Kier alpha value is -1.02. The molecule has 0 spiro atoms. The van der Waals surface area contributed by atoms with Crippen LogP contribution in [0.25, 0.3) is 0 Å². The van der Waals surface area contributed by atoms with Gasteiger partial charge in [0.1, 0.15) is 13.2 Å². The van der Waals surface area contributed by atoms with Crippen LogP contribution in [0.15, 0.2) is 24.3 Å². The lowest BCUT2D eigenvalue weighted by Gasteiger charge is -2.29. The summed E-state index contributed by atoms with van der Waals surface area (Å²) in [6.07, 6.45) is 42.2. The first-order valence-electron chi connectivity index (χ1n) is 22.2. The first-order valence-corrected chi connectivity index (χ1v) is 23.7. The first-order chi connectivity index (χ1) is 25.5. The van der Waals surface area contributed by atoms with Gasteiger partial charge in [-0.05, 0) is 32.1 Å². The van der Waals surface area contributed by atoms with Crippen molar-refractivity contribution in [2.75, 3.05) is 40.9 Å². The van der Waals surface area contributed by atoms with Gasteiger partial charge in [-0.15, -0.1) is 0 Å². The van der Waals surface area contributed by atoms with E-state index in [4.69, 9.17) is 9.05 Å². The number of allylic oxidation sites excluding steroid dienone is 3. The Morgan fingerprint density at radius 1 is 0.642 bits per heavy atom. The van der Waals surface area contributed by atoms with Gasteiger partial charge in [-0.3, -0.25) is 9.36 Å². The van der Waals surface area contributed by atoms with Crippen LogP contribution in [0.3, 0.4) is 0 Å². The number of carbonyl (C=O) groups is 1. The van der Waals surface area contributed by atoms with E-state index in [1.165, 1.54) is 141 Å². The summed E-state index contributed by atoms with van der Waals surface area (Å²) >= 11 is 0. The van der Waals surface area contributed by atoms with Gasteiger partial charge in [-0.25, -0.2) is 0 Å². The zero-order valence-corrected chi connectivity index (χ0v) is 36.4. The summed E-state index contributed by atoms with van der Waals surface area (Å²) in [5.41, 5.74) is 0. The third-order valence-electron chi connectivity index (χ3n) is 9.91. The van der Waals surface area contributed by atoms with Gasteiger partial charge >= 0.3 is 0 Å². The van der Waals surface area contributed by atoms with E-state index < -0.39 is 20.0 Å². The van der Waals surface area contributed by atoms with E-state index in [-0.39, 0.29) is 19.1 Å². The van der Waals surface area contributed by atoms with Crippen LogP contribution >= 0.6 is 7.82 Å². The van der Waals surface area contributed by atoms with Crippen molar-refractivity contribution in [3.05, 3.63) is 24.3 Å². The molecular formula is C44H87N2O6P. The van der Waals surface area contributed by atoms with Crippen molar-refractivity contribution in [2.24, 2.45) is 0 Å². The van der Waals surface area contributed by atoms with Crippen LogP contribution < -0.4 is 10.2 Å². The van der Waals surface area contributed by atoms with Crippen LogP contribution in [-0.4, -0.2) is 68.5 Å².